The summed E-state index contributed by atoms with van der Waals surface area (Å²) in [4.78, 5) is 0. The highest BCUT2D eigenvalue weighted by Crippen LogP contribution is 2.14. The maximum atomic E-state index is 4.95. The van der Waals surface area contributed by atoms with Crippen molar-refractivity contribution in [3.05, 3.63) is 25.3 Å². The van der Waals surface area contributed by atoms with Crippen molar-refractivity contribution >= 4 is 0 Å². The molecule has 2 atom stereocenters. The van der Waals surface area contributed by atoms with Gasteiger partial charge in [-0.2, -0.15) is 0 Å². The predicted molar refractivity (Wildman–Crippen MR) is 99.5 cm³/mol. The second-order valence-corrected chi connectivity index (χ2v) is 5.64. The van der Waals surface area contributed by atoms with Crippen LogP contribution in [0.3, 0.4) is 0 Å². The fourth-order valence-electron chi connectivity index (χ4n) is 1.52. The molecular weight excluding hydrogens is 272 g/mol. The van der Waals surface area contributed by atoms with Crippen LogP contribution in [0.2, 0.25) is 0 Å². The van der Waals surface area contributed by atoms with E-state index < -0.39 is 0 Å². The summed E-state index contributed by atoms with van der Waals surface area (Å²) >= 11 is 0. The summed E-state index contributed by atoms with van der Waals surface area (Å²) in [7, 11) is 0. The summed E-state index contributed by atoms with van der Waals surface area (Å²) in [6.07, 6.45) is 15.0. The van der Waals surface area contributed by atoms with E-state index in [0.29, 0.717) is 12.2 Å². The van der Waals surface area contributed by atoms with Gasteiger partial charge in [-0.05, 0) is 25.7 Å². The third-order valence-electron chi connectivity index (χ3n) is 3.01. The first kappa shape index (κ1) is 23.7. The first-order chi connectivity index (χ1) is 10.7. The molecule has 0 aromatic heterocycles. The van der Waals surface area contributed by atoms with Gasteiger partial charge in [0.2, 0.25) is 0 Å². The lowest BCUT2D eigenvalue weighted by Crippen LogP contribution is -1.78. The fraction of sp³-hybridized carbons (Fsp3) is 0.800. The standard InChI is InChI=1S/2C5H10O.2C5H10/c2*1-2-3-5-4-6-5;2*1-3-5-4-2/h2*5H,2-4H2,1H3;2*3H,1,4-5H2,2H3. The molecule has 2 heteroatoms. The van der Waals surface area contributed by atoms with Gasteiger partial charge in [-0.3, -0.25) is 0 Å². The highest BCUT2D eigenvalue weighted by molar-refractivity contribution is 4.67. The van der Waals surface area contributed by atoms with Crippen LogP contribution in [0.4, 0.5) is 0 Å². The zero-order valence-electron chi connectivity index (χ0n) is 15.6. The van der Waals surface area contributed by atoms with Crippen LogP contribution < -0.4 is 0 Å². The Bertz CT molecular complexity index is 194. The minimum absolute atomic E-state index is 0.648. The van der Waals surface area contributed by atoms with Crippen molar-refractivity contribution in [1.29, 1.82) is 0 Å². The lowest BCUT2D eigenvalue weighted by molar-refractivity contribution is 0.395. The Morgan fingerprint density at radius 3 is 1.09 bits per heavy atom. The summed E-state index contributed by atoms with van der Waals surface area (Å²) in [5.41, 5.74) is 0. The molecule has 2 heterocycles. The molecule has 0 N–H and O–H groups in total. The molecule has 2 fully saturated rings. The molecular formula is C20H40O2. The molecule has 0 aliphatic carbocycles. The van der Waals surface area contributed by atoms with Crippen LogP contribution in [0, 0.1) is 0 Å². The molecule has 0 saturated carbocycles. The molecule has 0 bridgehead atoms. The predicted octanol–water partition coefficient (Wildman–Crippen LogP) is 6.32. The zero-order chi connectivity index (χ0) is 17.1. The normalized spacial score (nSPS) is 20.0. The van der Waals surface area contributed by atoms with E-state index in [9.17, 15) is 0 Å². The van der Waals surface area contributed by atoms with E-state index in [0.717, 1.165) is 26.1 Å². The van der Waals surface area contributed by atoms with Crippen molar-refractivity contribution in [2.75, 3.05) is 13.2 Å². The lowest BCUT2D eigenvalue weighted by Gasteiger charge is -1.79. The Morgan fingerprint density at radius 1 is 0.727 bits per heavy atom. The highest BCUT2D eigenvalue weighted by atomic mass is 16.6. The van der Waals surface area contributed by atoms with E-state index in [1.807, 2.05) is 12.2 Å². The van der Waals surface area contributed by atoms with E-state index >= 15 is 0 Å². The minimum Gasteiger partial charge on any atom is -0.373 e. The van der Waals surface area contributed by atoms with E-state index in [1.165, 1.54) is 38.5 Å². The largest absolute Gasteiger partial charge is 0.373 e. The number of hydrogen-bond acceptors (Lipinski definition) is 2. The summed E-state index contributed by atoms with van der Waals surface area (Å²) < 4.78 is 9.90. The number of unbranched alkanes of at least 4 members (excludes halogenated alkanes) is 2. The fourth-order valence-corrected chi connectivity index (χ4v) is 1.52. The monoisotopic (exact) mass is 312 g/mol. The number of hydrogen-bond donors (Lipinski definition) is 0. The molecule has 0 spiro atoms. The number of epoxide rings is 2. The Morgan fingerprint density at radius 2 is 1.05 bits per heavy atom. The number of rotatable bonds is 8. The second kappa shape index (κ2) is 20.4. The van der Waals surface area contributed by atoms with Crippen LogP contribution in [-0.2, 0) is 9.47 Å². The Balaban J connectivity index is 0. The minimum atomic E-state index is 0.648. The van der Waals surface area contributed by atoms with Crippen molar-refractivity contribution in [2.45, 2.75) is 91.3 Å². The van der Waals surface area contributed by atoms with Gasteiger partial charge in [0.25, 0.3) is 0 Å². The summed E-state index contributed by atoms with van der Waals surface area (Å²) in [5.74, 6) is 0. The molecule has 0 aromatic carbocycles. The summed E-state index contributed by atoms with van der Waals surface area (Å²) in [5, 5.41) is 0. The second-order valence-electron chi connectivity index (χ2n) is 5.64. The number of ether oxygens (including phenoxy) is 2. The molecule has 2 nitrogen and oxygen atoms in total. The highest BCUT2D eigenvalue weighted by Gasteiger charge is 2.20. The van der Waals surface area contributed by atoms with Crippen LogP contribution >= 0.6 is 0 Å². The molecule has 22 heavy (non-hydrogen) atoms. The van der Waals surface area contributed by atoms with Crippen LogP contribution in [0.15, 0.2) is 25.3 Å². The molecule has 2 saturated heterocycles. The average Bonchev–Trinajstić information content (AvgIpc) is 3.39. The lowest BCUT2D eigenvalue weighted by atomic mass is 10.3. The quantitative estimate of drug-likeness (QED) is 0.387. The van der Waals surface area contributed by atoms with Gasteiger partial charge in [0.15, 0.2) is 0 Å². The van der Waals surface area contributed by atoms with Gasteiger partial charge in [0.05, 0.1) is 25.4 Å². The van der Waals surface area contributed by atoms with Crippen molar-refractivity contribution < 1.29 is 9.47 Å². The van der Waals surface area contributed by atoms with Gasteiger partial charge in [-0.15, -0.1) is 13.2 Å². The molecule has 2 aliphatic heterocycles. The topological polar surface area (TPSA) is 25.1 Å². The van der Waals surface area contributed by atoms with Gasteiger partial charge in [0.1, 0.15) is 0 Å². The van der Waals surface area contributed by atoms with Gasteiger partial charge >= 0.3 is 0 Å². The maximum absolute atomic E-state index is 4.95. The Kier molecular flexibility index (Phi) is 21.9. The van der Waals surface area contributed by atoms with E-state index in [1.54, 1.807) is 0 Å². The molecule has 0 amide bonds. The maximum Gasteiger partial charge on any atom is 0.0809 e. The van der Waals surface area contributed by atoms with Crippen molar-refractivity contribution in [3.8, 4) is 0 Å². The van der Waals surface area contributed by atoms with Crippen LogP contribution in [0.1, 0.15) is 79.1 Å². The molecule has 132 valence electrons. The zero-order valence-corrected chi connectivity index (χ0v) is 15.6. The van der Waals surface area contributed by atoms with Crippen LogP contribution in [0.5, 0.6) is 0 Å². The van der Waals surface area contributed by atoms with Crippen molar-refractivity contribution in [2.24, 2.45) is 0 Å². The summed E-state index contributed by atoms with van der Waals surface area (Å²) in [6, 6.07) is 0. The Labute approximate surface area is 140 Å². The Hall–Kier alpha value is -0.600. The number of allylic oxidation sites excluding steroid dienone is 2. The molecule has 2 rings (SSSR count). The third-order valence-corrected chi connectivity index (χ3v) is 3.01. The molecule has 0 aromatic rings. The van der Waals surface area contributed by atoms with E-state index in [2.05, 4.69) is 40.9 Å². The molecule has 0 radical (unpaired) electrons. The van der Waals surface area contributed by atoms with E-state index in [4.69, 9.17) is 9.47 Å². The summed E-state index contributed by atoms with van der Waals surface area (Å²) in [6.45, 7) is 17.8. The van der Waals surface area contributed by atoms with Crippen LogP contribution in [-0.4, -0.2) is 25.4 Å². The van der Waals surface area contributed by atoms with Gasteiger partial charge < -0.3 is 9.47 Å². The van der Waals surface area contributed by atoms with Gasteiger partial charge in [-0.1, -0.05) is 65.5 Å². The SMILES string of the molecule is C=CCCC.C=CCCC.CCCC1CO1.CCCC1CO1. The van der Waals surface area contributed by atoms with Gasteiger partial charge in [0, 0.05) is 0 Å². The first-order valence-electron chi connectivity index (χ1n) is 9.14. The van der Waals surface area contributed by atoms with Gasteiger partial charge in [-0.25, -0.2) is 0 Å². The average molecular weight is 313 g/mol. The third kappa shape index (κ3) is 27.7. The first-order valence-corrected chi connectivity index (χ1v) is 9.14. The van der Waals surface area contributed by atoms with Crippen LogP contribution in [0.25, 0.3) is 0 Å². The molecule has 2 aliphatic rings. The van der Waals surface area contributed by atoms with E-state index in [-0.39, 0.29) is 0 Å². The van der Waals surface area contributed by atoms with Crippen molar-refractivity contribution in [1.82, 2.24) is 0 Å². The molecule has 2 unspecified atom stereocenters. The van der Waals surface area contributed by atoms with Crippen molar-refractivity contribution in [3.63, 3.8) is 0 Å². The smallest absolute Gasteiger partial charge is 0.0809 e.